The minimum atomic E-state index is -0.242. The molecule has 0 radical (unpaired) electrons. The molecule has 0 aliphatic heterocycles. The summed E-state index contributed by atoms with van der Waals surface area (Å²) in [5.41, 5.74) is 0.784. The molecule has 2 rings (SSSR count). The number of nitriles is 1. The van der Waals surface area contributed by atoms with E-state index >= 15 is 0 Å². The van der Waals surface area contributed by atoms with Gasteiger partial charge in [-0.15, -0.1) is 22.7 Å². The molecule has 2 aromatic heterocycles. The van der Waals surface area contributed by atoms with Crippen LogP contribution in [0.5, 0.6) is 0 Å². The Morgan fingerprint density at radius 3 is 2.88 bits per heavy atom. The molecule has 5 heteroatoms. The van der Waals surface area contributed by atoms with Gasteiger partial charge in [0.15, 0.2) is 0 Å². The van der Waals surface area contributed by atoms with E-state index < -0.39 is 0 Å². The van der Waals surface area contributed by atoms with Crippen molar-refractivity contribution < 1.29 is 4.79 Å². The molecule has 0 aliphatic rings. The molecule has 0 aliphatic carbocycles. The normalized spacial score (nSPS) is 11.2. The molecule has 0 spiro atoms. The molecule has 0 saturated heterocycles. The monoisotopic (exact) mass is 260 g/mol. The largest absolute Gasteiger partial charge is 0.287 e. The van der Waals surface area contributed by atoms with Crippen LogP contribution in [0.3, 0.4) is 0 Å². The summed E-state index contributed by atoms with van der Waals surface area (Å²) in [6, 6.07) is 5.44. The van der Waals surface area contributed by atoms with Crippen molar-refractivity contribution in [2.45, 2.75) is 6.92 Å². The molecular weight excluding hydrogens is 252 g/mol. The molecule has 0 N–H and O–H groups in total. The van der Waals surface area contributed by atoms with E-state index in [1.165, 1.54) is 28.7 Å². The molecule has 0 fully saturated rings. The maximum absolute atomic E-state index is 11.9. The van der Waals surface area contributed by atoms with E-state index in [0.29, 0.717) is 10.6 Å². The van der Waals surface area contributed by atoms with Crippen LogP contribution in [0.2, 0.25) is 0 Å². The highest BCUT2D eigenvalue weighted by atomic mass is 32.1. The Morgan fingerprint density at radius 1 is 1.53 bits per heavy atom. The summed E-state index contributed by atoms with van der Waals surface area (Å²) >= 11 is 2.82. The number of rotatable bonds is 3. The van der Waals surface area contributed by atoms with Crippen molar-refractivity contribution in [3.63, 3.8) is 0 Å². The van der Waals surface area contributed by atoms with Gasteiger partial charge in [-0.1, -0.05) is 6.07 Å². The van der Waals surface area contributed by atoms with E-state index in [4.69, 9.17) is 5.26 Å². The fourth-order valence-corrected chi connectivity index (χ4v) is 2.53. The first kappa shape index (κ1) is 11.7. The summed E-state index contributed by atoms with van der Waals surface area (Å²) < 4.78 is 0. The third-order valence-corrected chi connectivity index (χ3v) is 3.70. The van der Waals surface area contributed by atoms with Gasteiger partial charge in [-0.05, 0) is 24.4 Å². The van der Waals surface area contributed by atoms with Crippen molar-refractivity contribution in [3.05, 3.63) is 44.0 Å². The second-order valence-electron chi connectivity index (χ2n) is 3.27. The van der Waals surface area contributed by atoms with E-state index in [9.17, 15) is 4.79 Å². The topological polar surface area (TPSA) is 53.8 Å². The third kappa shape index (κ3) is 2.67. The summed E-state index contributed by atoms with van der Waals surface area (Å²) in [6.45, 7) is 1.88. The third-order valence-electron chi connectivity index (χ3n) is 2.04. The molecule has 0 unspecified atom stereocenters. The van der Waals surface area contributed by atoms with Gasteiger partial charge in [-0.2, -0.15) is 5.26 Å². The Labute approximate surface area is 107 Å². The number of ketones is 1. The highest BCUT2D eigenvalue weighted by molar-refractivity contribution is 7.12. The van der Waals surface area contributed by atoms with Gasteiger partial charge in [0, 0.05) is 5.38 Å². The Bertz CT molecular complexity index is 603. The molecule has 17 heavy (non-hydrogen) atoms. The number of thiazole rings is 1. The van der Waals surface area contributed by atoms with Gasteiger partial charge in [0.25, 0.3) is 0 Å². The number of aryl methyl sites for hydroxylation is 1. The minimum Gasteiger partial charge on any atom is -0.287 e. The average molecular weight is 260 g/mol. The fraction of sp³-hybridized carbons (Fsp3) is 0.0833. The lowest BCUT2D eigenvalue weighted by Crippen LogP contribution is -1.98. The lowest BCUT2D eigenvalue weighted by molar-refractivity contribution is 0.104. The second kappa shape index (κ2) is 5.04. The maximum atomic E-state index is 11.9. The van der Waals surface area contributed by atoms with Crippen LogP contribution in [0, 0.1) is 18.3 Å². The van der Waals surface area contributed by atoms with Crippen LogP contribution in [0.25, 0.3) is 6.08 Å². The molecule has 2 aromatic rings. The summed E-state index contributed by atoms with van der Waals surface area (Å²) in [5, 5.41) is 13.6. The highest BCUT2D eigenvalue weighted by Gasteiger charge is 2.13. The molecule has 2 heterocycles. The highest BCUT2D eigenvalue weighted by Crippen LogP contribution is 2.17. The Kier molecular flexibility index (Phi) is 3.47. The van der Waals surface area contributed by atoms with Gasteiger partial charge in [0.1, 0.15) is 11.6 Å². The molecular formula is C12H8N2OS2. The number of hydrogen-bond acceptors (Lipinski definition) is 5. The van der Waals surface area contributed by atoms with E-state index in [1.54, 1.807) is 12.1 Å². The zero-order chi connectivity index (χ0) is 12.3. The summed E-state index contributed by atoms with van der Waals surface area (Å²) in [7, 11) is 0. The van der Waals surface area contributed by atoms with Crippen LogP contribution in [-0.4, -0.2) is 10.8 Å². The standard InChI is InChI=1S/C12H8N2OS2/c1-8-14-10(7-17-8)5-9(6-13)12(15)11-3-2-4-16-11/h2-5,7H,1H3/b9-5+. The molecule has 0 atom stereocenters. The number of thiophene rings is 1. The summed E-state index contributed by atoms with van der Waals surface area (Å²) in [5.74, 6) is -0.242. The van der Waals surface area contributed by atoms with Crippen LogP contribution in [0.15, 0.2) is 28.5 Å². The lowest BCUT2D eigenvalue weighted by atomic mass is 10.1. The van der Waals surface area contributed by atoms with Gasteiger partial charge >= 0.3 is 0 Å². The first-order chi connectivity index (χ1) is 8.20. The zero-order valence-corrected chi connectivity index (χ0v) is 10.6. The number of Topliss-reactive ketones (excluding diaryl/α,β-unsaturated/α-hetero) is 1. The molecule has 84 valence electrons. The smallest absolute Gasteiger partial charge is 0.213 e. The van der Waals surface area contributed by atoms with E-state index in [1.807, 2.05) is 23.8 Å². The van der Waals surface area contributed by atoms with Crippen LogP contribution in [0.1, 0.15) is 20.4 Å². The van der Waals surface area contributed by atoms with Crippen LogP contribution in [-0.2, 0) is 0 Å². The van der Waals surface area contributed by atoms with Crippen molar-refractivity contribution in [1.29, 1.82) is 5.26 Å². The van der Waals surface area contributed by atoms with Crippen molar-refractivity contribution in [1.82, 2.24) is 4.98 Å². The first-order valence-electron chi connectivity index (χ1n) is 4.83. The molecule has 0 aromatic carbocycles. The van der Waals surface area contributed by atoms with E-state index in [0.717, 1.165) is 5.01 Å². The number of nitrogens with zero attached hydrogens (tertiary/aromatic N) is 2. The molecule has 0 saturated carbocycles. The predicted molar refractivity (Wildman–Crippen MR) is 69.1 cm³/mol. The van der Waals surface area contributed by atoms with Crippen LogP contribution >= 0.6 is 22.7 Å². The predicted octanol–water partition coefficient (Wildman–Crippen LogP) is 3.30. The molecule has 3 nitrogen and oxygen atoms in total. The van der Waals surface area contributed by atoms with Crippen molar-refractivity contribution in [2.75, 3.05) is 0 Å². The van der Waals surface area contributed by atoms with Gasteiger partial charge in [-0.3, -0.25) is 4.79 Å². The van der Waals surface area contributed by atoms with E-state index in [-0.39, 0.29) is 11.4 Å². The van der Waals surface area contributed by atoms with Crippen molar-refractivity contribution in [3.8, 4) is 6.07 Å². The maximum Gasteiger partial charge on any atom is 0.213 e. The Hall–Kier alpha value is -1.77. The number of aromatic nitrogens is 1. The van der Waals surface area contributed by atoms with Crippen LogP contribution < -0.4 is 0 Å². The first-order valence-corrected chi connectivity index (χ1v) is 6.59. The van der Waals surface area contributed by atoms with E-state index in [2.05, 4.69) is 4.98 Å². The van der Waals surface area contributed by atoms with Crippen LogP contribution in [0.4, 0.5) is 0 Å². The van der Waals surface area contributed by atoms with Gasteiger partial charge in [0.05, 0.1) is 15.6 Å². The second-order valence-corrected chi connectivity index (χ2v) is 5.28. The zero-order valence-electron chi connectivity index (χ0n) is 9.01. The van der Waals surface area contributed by atoms with Crippen molar-refractivity contribution >= 4 is 34.5 Å². The number of carbonyl (C=O) groups excluding carboxylic acids is 1. The Morgan fingerprint density at radius 2 is 2.35 bits per heavy atom. The SMILES string of the molecule is Cc1nc(/C=C(\C#N)C(=O)c2cccs2)cs1. The van der Waals surface area contributed by atoms with Gasteiger partial charge in [0.2, 0.25) is 5.78 Å². The number of carbonyl (C=O) groups is 1. The number of hydrogen-bond donors (Lipinski definition) is 0. The quantitative estimate of drug-likeness (QED) is 0.483. The Balaban J connectivity index is 2.32. The van der Waals surface area contributed by atoms with Crippen molar-refractivity contribution in [2.24, 2.45) is 0 Å². The number of allylic oxidation sites excluding steroid dienone is 1. The van der Waals surface area contributed by atoms with Gasteiger partial charge < -0.3 is 0 Å². The summed E-state index contributed by atoms with van der Waals surface area (Å²) in [4.78, 5) is 16.7. The minimum absolute atomic E-state index is 0.123. The fourth-order valence-electron chi connectivity index (χ4n) is 1.28. The molecule has 0 amide bonds. The van der Waals surface area contributed by atoms with Gasteiger partial charge in [-0.25, -0.2) is 4.98 Å². The lowest BCUT2D eigenvalue weighted by Gasteiger charge is -1.93. The summed E-state index contributed by atoms with van der Waals surface area (Å²) in [6.07, 6.45) is 1.53. The molecule has 0 bridgehead atoms. The average Bonchev–Trinajstić information content (AvgIpc) is 2.96.